The number of halogens is 11. The van der Waals surface area contributed by atoms with Crippen LogP contribution < -0.4 is 14.4 Å². The summed E-state index contributed by atoms with van der Waals surface area (Å²) in [5, 5.41) is 10.4. The van der Waals surface area contributed by atoms with E-state index in [1.165, 1.54) is 53.4 Å². The zero-order chi connectivity index (χ0) is 33.9. The summed E-state index contributed by atoms with van der Waals surface area (Å²) >= 11 is 0. The van der Waals surface area contributed by atoms with Gasteiger partial charge in [-0.05, 0) is 53.6 Å². The van der Waals surface area contributed by atoms with Gasteiger partial charge in [0.2, 0.25) is 0 Å². The minimum Gasteiger partial charge on any atom is -0.457 e. The van der Waals surface area contributed by atoms with Crippen LogP contribution in [0.15, 0.2) is 97.1 Å². The molecule has 1 N–H and O–H groups in total. The van der Waals surface area contributed by atoms with Crippen LogP contribution in [0.4, 0.5) is 54.0 Å². The van der Waals surface area contributed by atoms with Crippen LogP contribution in [0.25, 0.3) is 0 Å². The predicted octanol–water partition coefficient (Wildman–Crippen LogP) is 9.79. The van der Waals surface area contributed by atoms with Gasteiger partial charge in [-0.15, -0.1) is 13.2 Å². The van der Waals surface area contributed by atoms with Gasteiger partial charge in [-0.3, -0.25) is 0 Å². The number of benzene rings is 4. The average Bonchev–Trinajstić information content (AvgIpc) is 2.96. The van der Waals surface area contributed by atoms with E-state index in [1.807, 2.05) is 0 Å². The lowest BCUT2D eigenvalue weighted by Crippen LogP contribution is -2.34. The van der Waals surface area contributed by atoms with Gasteiger partial charge < -0.3 is 19.5 Å². The number of anilines is 1. The summed E-state index contributed by atoms with van der Waals surface area (Å²) in [5.41, 5.74) is -2.53. The van der Waals surface area contributed by atoms with E-state index in [1.54, 1.807) is 0 Å². The van der Waals surface area contributed by atoms with Crippen molar-refractivity contribution < 1.29 is 62.9 Å². The molecule has 0 fully saturated rings. The molecule has 0 saturated carbocycles. The molecule has 0 amide bonds. The fourth-order valence-electron chi connectivity index (χ4n) is 4.51. The number of ether oxygens (including phenoxy) is 2. The van der Waals surface area contributed by atoms with E-state index in [0.717, 1.165) is 36.4 Å². The maximum absolute atomic E-state index is 14.2. The first-order valence-electron chi connectivity index (χ1n) is 13.1. The first kappa shape index (κ1) is 34.3. The fourth-order valence-corrected chi connectivity index (χ4v) is 4.51. The second-order valence-corrected chi connectivity index (χ2v) is 9.84. The van der Waals surface area contributed by atoms with Crippen molar-refractivity contribution in [2.24, 2.45) is 0 Å². The molecule has 4 rings (SSSR count). The van der Waals surface area contributed by atoms with Crippen LogP contribution in [0.1, 0.15) is 28.3 Å². The third-order valence-electron chi connectivity index (χ3n) is 6.57. The van der Waals surface area contributed by atoms with Crippen LogP contribution in [0.2, 0.25) is 0 Å². The number of rotatable bonds is 10. The predicted molar refractivity (Wildman–Crippen MR) is 143 cm³/mol. The van der Waals surface area contributed by atoms with Gasteiger partial charge in [-0.25, -0.2) is 0 Å². The molecule has 0 heterocycles. The molecule has 0 aliphatic carbocycles. The minimum absolute atomic E-state index is 0.00949. The van der Waals surface area contributed by atoms with Gasteiger partial charge in [-0.2, -0.15) is 35.1 Å². The topological polar surface area (TPSA) is 41.9 Å². The van der Waals surface area contributed by atoms with E-state index in [0.29, 0.717) is 12.1 Å². The fraction of sp³-hybridized carbons (Fsp3) is 0.226. The molecule has 4 aromatic rings. The van der Waals surface area contributed by atoms with E-state index in [-0.39, 0.29) is 28.3 Å². The maximum atomic E-state index is 14.2. The van der Waals surface area contributed by atoms with Gasteiger partial charge in [-0.1, -0.05) is 42.5 Å². The van der Waals surface area contributed by atoms with Crippen LogP contribution in [0.5, 0.6) is 17.2 Å². The van der Waals surface area contributed by atoms with Crippen LogP contribution in [-0.2, 0) is 18.6 Å². The molecular weight excluding hydrogens is 643 g/mol. The SMILES string of the molecule is OCC(c1cccc(C(F)(F)F)c1)N(Cc1cccc(C(F)(F)C(F)(F)F)c1)c1cccc(Oc2cccc(OC(F)(F)F)c2)c1. The summed E-state index contributed by atoms with van der Waals surface area (Å²) in [4.78, 5) is 1.26. The lowest BCUT2D eigenvalue weighted by Gasteiger charge is -2.34. The first-order valence-corrected chi connectivity index (χ1v) is 13.1. The molecule has 4 nitrogen and oxygen atoms in total. The van der Waals surface area contributed by atoms with Crippen molar-refractivity contribution in [2.45, 2.75) is 37.2 Å². The monoisotopic (exact) mass is 665 g/mol. The second kappa shape index (κ2) is 13.1. The maximum Gasteiger partial charge on any atom is 0.573 e. The Morgan fingerprint density at radius 2 is 1.22 bits per heavy atom. The molecule has 0 spiro atoms. The third kappa shape index (κ3) is 8.38. The molecule has 46 heavy (non-hydrogen) atoms. The molecule has 0 bridgehead atoms. The highest BCUT2D eigenvalue weighted by atomic mass is 19.4. The van der Waals surface area contributed by atoms with Gasteiger partial charge in [0, 0.05) is 29.9 Å². The average molecular weight is 665 g/mol. The third-order valence-corrected chi connectivity index (χ3v) is 6.57. The molecule has 246 valence electrons. The zero-order valence-electron chi connectivity index (χ0n) is 23.1. The highest BCUT2D eigenvalue weighted by Gasteiger charge is 2.58. The Hall–Kier alpha value is -4.53. The number of nitrogens with zero attached hydrogens (tertiary/aromatic N) is 1. The van der Waals surface area contributed by atoms with Crippen molar-refractivity contribution in [3.8, 4) is 17.2 Å². The van der Waals surface area contributed by atoms with Gasteiger partial charge >= 0.3 is 24.6 Å². The summed E-state index contributed by atoms with van der Waals surface area (Å²) in [6, 6.07) is 15.9. The summed E-state index contributed by atoms with van der Waals surface area (Å²) in [6.07, 6.45) is -15.7. The molecule has 4 aromatic carbocycles. The molecule has 0 aliphatic rings. The van der Waals surface area contributed by atoms with Crippen LogP contribution in [-0.4, -0.2) is 24.3 Å². The zero-order valence-corrected chi connectivity index (χ0v) is 23.1. The summed E-state index contributed by atoms with van der Waals surface area (Å²) in [5.74, 6) is -5.93. The highest BCUT2D eigenvalue weighted by Crippen LogP contribution is 2.44. The Bertz CT molecular complexity index is 1640. The standard InChI is InChI=1S/C31H22F11NO3/c32-28(33,30(37,38)39)21-7-1-5-19(13-21)17-43(27(18-44)20-6-2-8-22(14-20)29(34,35)36)23-9-3-10-24(15-23)45-25-11-4-12-26(16-25)46-31(40,41)42/h1-16,27,44H,17-18H2. The number of aliphatic hydroxyl groups excluding tert-OH is 1. The molecule has 0 radical (unpaired) electrons. The smallest absolute Gasteiger partial charge is 0.457 e. The van der Waals surface area contributed by atoms with E-state index < -0.39 is 60.7 Å². The lowest BCUT2D eigenvalue weighted by molar-refractivity contribution is -0.289. The van der Waals surface area contributed by atoms with Crippen molar-refractivity contribution in [1.82, 2.24) is 0 Å². The number of hydrogen-bond acceptors (Lipinski definition) is 4. The minimum atomic E-state index is -5.91. The first-order chi connectivity index (χ1) is 21.4. The number of aliphatic hydroxyl groups is 1. The molecule has 0 aromatic heterocycles. The van der Waals surface area contributed by atoms with E-state index >= 15 is 0 Å². The van der Waals surface area contributed by atoms with Crippen molar-refractivity contribution in [3.05, 3.63) is 119 Å². The van der Waals surface area contributed by atoms with Gasteiger partial charge in [0.05, 0.1) is 18.2 Å². The van der Waals surface area contributed by atoms with Crippen LogP contribution in [0, 0.1) is 0 Å². The summed E-state index contributed by atoms with van der Waals surface area (Å²) in [7, 11) is 0. The molecule has 1 atom stereocenters. The molecular formula is C31H22F11NO3. The molecule has 0 saturated heterocycles. The quantitative estimate of drug-likeness (QED) is 0.171. The van der Waals surface area contributed by atoms with Crippen molar-refractivity contribution in [1.29, 1.82) is 0 Å². The Balaban J connectivity index is 1.76. The Morgan fingerprint density at radius 1 is 0.630 bits per heavy atom. The van der Waals surface area contributed by atoms with Gasteiger partial charge in [0.15, 0.2) is 0 Å². The molecule has 1 unspecified atom stereocenters. The van der Waals surface area contributed by atoms with Gasteiger partial charge in [0.1, 0.15) is 17.2 Å². The Labute approximate surface area is 254 Å². The van der Waals surface area contributed by atoms with Gasteiger partial charge in [0.25, 0.3) is 0 Å². The lowest BCUT2D eigenvalue weighted by atomic mass is 10.00. The number of alkyl halides is 11. The largest absolute Gasteiger partial charge is 0.573 e. The summed E-state index contributed by atoms with van der Waals surface area (Å²) in [6.45, 7) is -1.32. The summed E-state index contributed by atoms with van der Waals surface area (Å²) < 4.78 is 156. The molecule has 15 heteroatoms. The van der Waals surface area contributed by atoms with E-state index in [9.17, 15) is 53.4 Å². The number of hydrogen-bond donors (Lipinski definition) is 1. The van der Waals surface area contributed by atoms with Crippen molar-refractivity contribution in [3.63, 3.8) is 0 Å². The Morgan fingerprint density at radius 3 is 1.85 bits per heavy atom. The second-order valence-electron chi connectivity index (χ2n) is 9.84. The van der Waals surface area contributed by atoms with E-state index in [4.69, 9.17) is 4.74 Å². The van der Waals surface area contributed by atoms with Crippen LogP contribution in [0.3, 0.4) is 0 Å². The van der Waals surface area contributed by atoms with Crippen LogP contribution >= 0.6 is 0 Å². The molecule has 0 aliphatic heterocycles. The normalized spacial score (nSPS) is 13.3. The Kier molecular flexibility index (Phi) is 9.75. The highest BCUT2D eigenvalue weighted by molar-refractivity contribution is 5.54. The van der Waals surface area contributed by atoms with Crippen molar-refractivity contribution >= 4 is 5.69 Å². The van der Waals surface area contributed by atoms with Crippen molar-refractivity contribution in [2.75, 3.05) is 11.5 Å². The van der Waals surface area contributed by atoms with E-state index in [2.05, 4.69) is 4.74 Å².